The predicted molar refractivity (Wildman–Crippen MR) is 101 cm³/mol. The van der Waals surface area contributed by atoms with Crippen molar-refractivity contribution in [1.29, 1.82) is 5.26 Å². The van der Waals surface area contributed by atoms with Crippen LogP contribution in [0.4, 0.5) is 5.82 Å². The number of thiophene rings is 1. The van der Waals surface area contributed by atoms with Gasteiger partial charge in [-0.15, -0.1) is 11.3 Å². The van der Waals surface area contributed by atoms with Gasteiger partial charge >= 0.3 is 0 Å². The molecular weight excluding hydrogens is 348 g/mol. The van der Waals surface area contributed by atoms with Gasteiger partial charge in [-0.05, 0) is 35.1 Å². The number of ether oxygens (including phenoxy) is 2. The van der Waals surface area contributed by atoms with Crippen LogP contribution in [-0.2, 0) is 16.0 Å². The topological polar surface area (TPSA) is 84.4 Å². The molecule has 0 amide bonds. The Bertz CT molecular complexity index is 817. The molecule has 136 valence electrons. The Morgan fingerprint density at radius 1 is 1.27 bits per heavy atom. The number of pyridine rings is 1. The zero-order valence-electron chi connectivity index (χ0n) is 14.6. The molecule has 26 heavy (non-hydrogen) atoms. The van der Waals surface area contributed by atoms with Crippen LogP contribution in [0.3, 0.4) is 0 Å². The molecule has 4 rings (SSSR count). The average Bonchev–Trinajstić information content (AvgIpc) is 3.34. The summed E-state index contributed by atoms with van der Waals surface area (Å²) in [5.41, 5.74) is 9.69. The molecule has 2 aliphatic rings. The second-order valence-corrected chi connectivity index (χ2v) is 7.65. The van der Waals surface area contributed by atoms with Crippen LogP contribution in [0, 0.1) is 11.3 Å². The molecular formula is C19H22N4O2S. The highest BCUT2D eigenvalue weighted by molar-refractivity contribution is 7.13. The Kier molecular flexibility index (Phi) is 5.18. The normalized spacial score (nSPS) is 21.0. The largest absolute Gasteiger partial charge is 0.383 e. The zero-order valence-corrected chi connectivity index (χ0v) is 15.4. The van der Waals surface area contributed by atoms with E-state index in [-0.39, 0.29) is 5.92 Å². The fourth-order valence-electron chi connectivity index (χ4n) is 3.55. The Morgan fingerprint density at radius 3 is 2.85 bits per heavy atom. The molecule has 0 aliphatic carbocycles. The van der Waals surface area contributed by atoms with E-state index in [0.29, 0.717) is 18.0 Å². The van der Waals surface area contributed by atoms with Crippen molar-refractivity contribution in [2.45, 2.75) is 18.9 Å². The summed E-state index contributed by atoms with van der Waals surface area (Å²) in [7, 11) is 0. The van der Waals surface area contributed by atoms with Crippen molar-refractivity contribution in [1.82, 2.24) is 9.88 Å². The first-order chi connectivity index (χ1) is 12.7. The summed E-state index contributed by atoms with van der Waals surface area (Å²) >= 11 is 1.67. The molecule has 0 radical (unpaired) electrons. The van der Waals surface area contributed by atoms with E-state index in [2.05, 4.69) is 27.4 Å². The maximum absolute atomic E-state index is 9.48. The summed E-state index contributed by atoms with van der Waals surface area (Å²) in [6, 6.07) is 6.43. The van der Waals surface area contributed by atoms with E-state index in [1.807, 2.05) is 6.07 Å². The van der Waals surface area contributed by atoms with Gasteiger partial charge in [0.25, 0.3) is 0 Å². The van der Waals surface area contributed by atoms with Crippen molar-refractivity contribution >= 4 is 17.2 Å². The molecule has 1 atom stereocenters. The van der Waals surface area contributed by atoms with Crippen molar-refractivity contribution in [2.24, 2.45) is 0 Å². The molecule has 6 nitrogen and oxygen atoms in total. The average molecular weight is 370 g/mol. The van der Waals surface area contributed by atoms with E-state index in [9.17, 15) is 5.26 Å². The first-order valence-electron chi connectivity index (χ1n) is 8.90. The maximum Gasteiger partial charge on any atom is 0.142 e. The van der Waals surface area contributed by atoms with Crippen LogP contribution in [0.1, 0.15) is 29.0 Å². The summed E-state index contributed by atoms with van der Waals surface area (Å²) in [4.78, 5) is 7.99. The Hall–Kier alpha value is -1.98. The molecule has 0 saturated carbocycles. The quantitative estimate of drug-likeness (QED) is 0.890. The summed E-state index contributed by atoms with van der Waals surface area (Å²) in [6.07, 6.45) is 0.921. The van der Waals surface area contributed by atoms with Gasteiger partial charge in [-0.2, -0.15) is 5.26 Å². The monoisotopic (exact) mass is 370 g/mol. The number of morpholine rings is 1. The summed E-state index contributed by atoms with van der Waals surface area (Å²) < 4.78 is 10.9. The minimum absolute atomic E-state index is 0.224. The highest BCUT2D eigenvalue weighted by Gasteiger charge is 2.24. The number of nitrogens with two attached hydrogens (primary N) is 1. The third-order valence-corrected chi connectivity index (χ3v) is 5.98. The maximum atomic E-state index is 9.48. The number of aromatic nitrogens is 1. The molecule has 0 bridgehead atoms. The molecule has 4 heterocycles. The Balaban J connectivity index is 1.60. The molecule has 2 aromatic rings. The smallest absolute Gasteiger partial charge is 0.142 e. The van der Waals surface area contributed by atoms with Gasteiger partial charge in [0.2, 0.25) is 0 Å². The van der Waals surface area contributed by atoms with Crippen LogP contribution < -0.4 is 5.73 Å². The highest BCUT2D eigenvalue weighted by Crippen LogP contribution is 2.35. The second-order valence-electron chi connectivity index (χ2n) is 6.74. The van der Waals surface area contributed by atoms with E-state index in [4.69, 9.17) is 15.2 Å². The van der Waals surface area contributed by atoms with E-state index in [0.717, 1.165) is 62.0 Å². The van der Waals surface area contributed by atoms with Crippen molar-refractivity contribution in [3.8, 4) is 16.6 Å². The first-order valence-corrected chi connectivity index (χ1v) is 9.78. The number of anilines is 1. The van der Waals surface area contributed by atoms with Gasteiger partial charge in [-0.25, -0.2) is 4.98 Å². The lowest BCUT2D eigenvalue weighted by atomic mass is 9.94. The number of nitriles is 1. The summed E-state index contributed by atoms with van der Waals surface area (Å²) in [5.74, 6) is 0.538. The number of hydrogen-bond acceptors (Lipinski definition) is 7. The van der Waals surface area contributed by atoms with E-state index in [1.165, 1.54) is 5.56 Å². The number of rotatable bonds is 4. The minimum atomic E-state index is 0.224. The van der Waals surface area contributed by atoms with E-state index in [1.54, 1.807) is 11.3 Å². The highest BCUT2D eigenvalue weighted by atomic mass is 32.1. The van der Waals surface area contributed by atoms with Crippen LogP contribution in [0.25, 0.3) is 10.6 Å². The molecule has 2 saturated heterocycles. The molecule has 2 aromatic heterocycles. The van der Waals surface area contributed by atoms with Gasteiger partial charge in [0.1, 0.15) is 11.9 Å². The number of hydrogen-bond donors (Lipinski definition) is 1. The zero-order chi connectivity index (χ0) is 17.9. The molecule has 0 aromatic carbocycles. The lowest BCUT2D eigenvalue weighted by molar-refractivity contribution is 0.0342. The van der Waals surface area contributed by atoms with Crippen LogP contribution in [0.15, 0.2) is 17.5 Å². The molecule has 0 spiro atoms. The van der Waals surface area contributed by atoms with Gasteiger partial charge in [0, 0.05) is 32.2 Å². The van der Waals surface area contributed by atoms with Crippen molar-refractivity contribution in [3.63, 3.8) is 0 Å². The lowest BCUT2D eigenvalue weighted by Crippen LogP contribution is -2.35. The molecule has 7 heteroatoms. The van der Waals surface area contributed by atoms with Crippen molar-refractivity contribution in [2.75, 3.05) is 45.3 Å². The van der Waals surface area contributed by atoms with Crippen molar-refractivity contribution in [3.05, 3.63) is 34.2 Å². The van der Waals surface area contributed by atoms with E-state index >= 15 is 0 Å². The molecule has 2 fully saturated rings. The first kappa shape index (κ1) is 17.4. The fourth-order valence-corrected chi connectivity index (χ4v) is 4.41. The third kappa shape index (κ3) is 3.60. The van der Waals surface area contributed by atoms with Gasteiger partial charge in [0.15, 0.2) is 0 Å². The van der Waals surface area contributed by atoms with Crippen LogP contribution in [-0.4, -0.2) is 49.4 Å². The minimum Gasteiger partial charge on any atom is -0.383 e. The third-order valence-electron chi connectivity index (χ3n) is 4.98. The summed E-state index contributed by atoms with van der Waals surface area (Å²) in [6.45, 7) is 5.85. The van der Waals surface area contributed by atoms with E-state index < -0.39 is 0 Å². The lowest BCUT2D eigenvalue weighted by Gasteiger charge is -2.26. The number of nitrogen functional groups attached to an aromatic ring is 1. The predicted octanol–water partition coefficient (Wildman–Crippen LogP) is 2.60. The van der Waals surface area contributed by atoms with Crippen LogP contribution in [0.5, 0.6) is 0 Å². The molecule has 2 N–H and O–H groups in total. The van der Waals surface area contributed by atoms with Crippen LogP contribution >= 0.6 is 11.3 Å². The SMILES string of the molecule is N#Cc1c(C2CCOC2)cc(-c2cc(CN3CCOCC3)cs2)nc1N. The molecule has 1 unspecified atom stereocenters. The van der Waals surface area contributed by atoms with Gasteiger partial charge in [-0.3, -0.25) is 4.90 Å². The van der Waals surface area contributed by atoms with Crippen LogP contribution in [0.2, 0.25) is 0 Å². The summed E-state index contributed by atoms with van der Waals surface area (Å²) in [5, 5.41) is 11.7. The number of nitrogens with zero attached hydrogens (tertiary/aromatic N) is 3. The van der Waals surface area contributed by atoms with Gasteiger partial charge < -0.3 is 15.2 Å². The fraction of sp³-hybridized carbons (Fsp3) is 0.474. The molecule has 2 aliphatic heterocycles. The Labute approximate surface area is 157 Å². The Morgan fingerprint density at radius 2 is 2.12 bits per heavy atom. The van der Waals surface area contributed by atoms with Crippen molar-refractivity contribution < 1.29 is 9.47 Å². The van der Waals surface area contributed by atoms with Gasteiger partial charge in [-0.1, -0.05) is 0 Å². The van der Waals surface area contributed by atoms with Gasteiger partial charge in [0.05, 0.1) is 36.0 Å². The second kappa shape index (κ2) is 7.72. The standard InChI is InChI=1S/C19H22N4O2S/c20-9-16-15(14-1-4-25-11-14)8-17(22-19(16)21)18-7-13(12-26-18)10-23-2-5-24-6-3-23/h7-8,12,14H,1-6,10-11H2,(H2,21,22).